The molecule has 124 valence electrons. The number of benzene rings is 1. The van der Waals surface area contributed by atoms with Gasteiger partial charge in [-0.05, 0) is 48.9 Å². The smallest absolute Gasteiger partial charge is 0.450 e. The van der Waals surface area contributed by atoms with Gasteiger partial charge in [-0.2, -0.15) is 0 Å². The summed E-state index contributed by atoms with van der Waals surface area (Å²) < 4.78 is 0. The van der Waals surface area contributed by atoms with Gasteiger partial charge in [0.2, 0.25) is 0 Å². The van der Waals surface area contributed by atoms with E-state index in [2.05, 4.69) is 45.7 Å². The summed E-state index contributed by atoms with van der Waals surface area (Å²) in [6.07, 6.45) is -0.907. The molecule has 5 nitrogen and oxygen atoms in total. The topological polar surface area (TPSA) is 83.3 Å². The monoisotopic (exact) mass is 342 g/mol. The average molecular weight is 342 g/mol. The molecule has 0 aliphatic heterocycles. The Morgan fingerprint density at radius 1 is 1.04 bits per heavy atom. The van der Waals surface area contributed by atoms with Crippen molar-refractivity contribution >= 4 is 17.5 Å². The Morgan fingerprint density at radius 2 is 1.62 bits per heavy atom. The van der Waals surface area contributed by atoms with Crippen LogP contribution in [0.5, 0.6) is 0 Å². The Bertz CT molecular complexity index is 792. The zero-order valence-electron chi connectivity index (χ0n) is 13.4. The average Bonchev–Trinajstić information content (AvgIpc) is 2.95. The molecule has 24 heavy (non-hydrogen) atoms. The number of hydrogen-bond donors (Lipinski definition) is 2. The van der Waals surface area contributed by atoms with Crippen molar-refractivity contribution < 1.29 is 15.0 Å². The third kappa shape index (κ3) is 5.17. The summed E-state index contributed by atoms with van der Waals surface area (Å²) in [6, 6.07) is 14.7. The van der Waals surface area contributed by atoms with Crippen molar-refractivity contribution in [3.8, 4) is 10.7 Å². The highest BCUT2D eigenvalue weighted by molar-refractivity contribution is 7.13. The first kappa shape index (κ1) is 17.6. The molecule has 0 bridgehead atoms. The molecule has 0 aliphatic rings. The fraction of sp³-hybridized carbons (Fsp3) is 0.167. The lowest BCUT2D eigenvalue weighted by molar-refractivity contribution is 0.137. The zero-order chi connectivity index (χ0) is 17.5. The van der Waals surface area contributed by atoms with E-state index in [9.17, 15) is 0 Å². The minimum Gasteiger partial charge on any atom is -0.450 e. The summed E-state index contributed by atoms with van der Waals surface area (Å²) in [6.45, 7) is 4.03. The molecule has 2 N–H and O–H groups in total. The second-order valence-corrected chi connectivity index (χ2v) is 6.11. The van der Waals surface area contributed by atoms with Crippen LogP contribution in [0.3, 0.4) is 0 Å². The number of carbonyl (C=O) groups is 1. The molecule has 0 saturated heterocycles. The van der Waals surface area contributed by atoms with Crippen molar-refractivity contribution in [1.82, 2.24) is 9.97 Å². The van der Waals surface area contributed by atoms with Crippen LogP contribution >= 0.6 is 11.3 Å². The maximum absolute atomic E-state index is 8.56. The van der Waals surface area contributed by atoms with Crippen molar-refractivity contribution in [2.24, 2.45) is 0 Å². The van der Waals surface area contributed by atoms with Crippen LogP contribution in [0.15, 0.2) is 47.8 Å². The van der Waals surface area contributed by atoms with E-state index in [0.717, 1.165) is 23.6 Å². The number of aromatic nitrogens is 2. The van der Waals surface area contributed by atoms with Crippen molar-refractivity contribution in [2.75, 3.05) is 0 Å². The maximum Gasteiger partial charge on any atom is 0.503 e. The van der Waals surface area contributed by atoms with E-state index in [-0.39, 0.29) is 0 Å². The van der Waals surface area contributed by atoms with Crippen LogP contribution in [0.25, 0.3) is 10.7 Å². The number of rotatable bonds is 3. The molecular formula is C18H18N2O3S. The largest absolute Gasteiger partial charge is 0.503 e. The van der Waals surface area contributed by atoms with Crippen molar-refractivity contribution in [2.45, 2.75) is 20.3 Å². The van der Waals surface area contributed by atoms with Gasteiger partial charge in [0.25, 0.3) is 0 Å². The van der Waals surface area contributed by atoms with Crippen molar-refractivity contribution in [3.05, 3.63) is 70.4 Å². The van der Waals surface area contributed by atoms with Crippen LogP contribution < -0.4 is 0 Å². The third-order valence-electron chi connectivity index (χ3n) is 3.17. The van der Waals surface area contributed by atoms with Gasteiger partial charge < -0.3 is 10.2 Å². The van der Waals surface area contributed by atoms with E-state index >= 15 is 0 Å². The quantitative estimate of drug-likeness (QED) is 0.725. The van der Waals surface area contributed by atoms with Crippen molar-refractivity contribution in [3.63, 3.8) is 0 Å². The van der Waals surface area contributed by atoms with Gasteiger partial charge in [0.1, 0.15) is 0 Å². The van der Waals surface area contributed by atoms with Crippen LogP contribution in [0.1, 0.15) is 22.5 Å². The van der Waals surface area contributed by atoms with Gasteiger partial charge in [-0.1, -0.05) is 30.3 Å². The van der Waals surface area contributed by atoms with E-state index in [1.54, 1.807) is 11.3 Å². The highest BCUT2D eigenvalue weighted by Crippen LogP contribution is 2.29. The van der Waals surface area contributed by atoms with Crippen LogP contribution in [-0.4, -0.2) is 26.3 Å². The summed E-state index contributed by atoms with van der Waals surface area (Å²) in [5.74, 6) is 0.850. The number of nitrogens with zero attached hydrogens (tertiary/aromatic N) is 2. The van der Waals surface area contributed by atoms with E-state index in [1.807, 2.05) is 26.0 Å². The predicted molar refractivity (Wildman–Crippen MR) is 94.7 cm³/mol. The van der Waals surface area contributed by atoms with E-state index in [4.69, 9.17) is 15.0 Å². The molecule has 0 aliphatic carbocycles. The molecular weight excluding hydrogens is 324 g/mol. The highest BCUT2D eigenvalue weighted by atomic mass is 32.1. The molecule has 0 atom stereocenters. The Balaban J connectivity index is 0.000000471. The Kier molecular flexibility index (Phi) is 6.03. The molecule has 6 heteroatoms. The van der Waals surface area contributed by atoms with Gasteiger partial charge in [0.05, 0.1) is 4.88 Å². The van der Waals surface area contributed by atoms with Gasteiger partial charge in [-0.3, -0.25) is 0 Å². The second-order valence-electron chi connectivity index (χ2n) is 5.19. The summed E-state index contributed by atoms with van der Waals surface area (Å²) in [5.41, 5.74) is 4.65. The molecule has 2 heterocycles. The minimum atomic E-state index is -1.83. The lowest BCUT2D eigenvalue weighted by atomic mass is 10.1. The summed E-state index contributed by atoms with van der Waals surface area (Å²) in [4.78, 5) is 18.9. The molecule has 0 saturated carbocycles. The molecule has 0 radical (unpaired) electrons. The van der Waals surface area contributed by atoms with Crippen LogP contribution in [0.2, 0.25) is 0 Å². The fourth-order valence-electron chi connectivity index (χ4n) is 2.31. The van der Waals surface area contributed by atoms with Gasteiger partial charge in [0, 0.05) is 11.4 Å². The lowest BCUT2D eigenvalue weighted by Gasteiger charge is -2.05. The van der Waals surface area contributed by atoms with E-state index < -0.39 is 6.16 Å². The number of aryl methyl sites for hydroxylation is 2. The number of thiophene rings is 1. The van der Waals surface area contributed by atoms with Gasteiger partial charge in [0.15, 0.2) is 5.82 Å². The zero-order valence-corrected chi connectivity index (χ0v) is 14.2. The first-order chi connectivity index (χ1) is 11.5. The predicted octanol–water partition coefficient (Wildman–Crippen LogP) is 4.64. The summed E-state index contributed by atoms with van der Waals surface area (Å²) >= 11 is 1.71. The maximum atomic E-state index is 8.56. The normalized spacial score (nSPS) is 9.92. The summed E-state index contributed by atoms with van der Waals surface area (Å²) in [5, 5.41) is 16.1. The SMILES string of the molecule is Cc1cc(C)nc(-c2sccc2Cc2ccccc2)n1.O=C(O)O. The number of carboxylic acid groups (broad SMARTS) is 2. The fourth-order valence-corrected chi connectivity index (χ4v) is 3.17. The van der Waals surface area contributed by atoms with Crippen LogP contribution in [-0.2, 0) is 6.42 Å². The molecule has 1 aromatic carbocycles. The molecule has 3 aromatic rings. The molecule has 0 amide bonds. The lowest BCUT2D eigenvalue weighted by Crippen LogP contribution is -1.95. The van der Waals surface area contributed by atoms with Gasteiger partial charge in [-0.15, -0.1) is 11.3 Å². The molecule has 3 rings (SSSR count). The highest BCUT2D eigenvalue weighted by Gasteiger charge is 2.11. The standard InChI is InChI=1S/C17H16N2S.CH2O3/c1-12-10-13(2)19-17(18-12)16-15(8-9-20-16)11-14-6-4-3-5-7-14;2-1(3)4/h3-10H,11H2,1-2H3;(H2,2,3,4). The summed E-state index contributed by atoms with van der Waals surface area (Å²) in [7, 11) is 0. The first-order valence-electron chi connectivity index (χ1n) is 7.30. The van der Waals surface area contributed by atoms with E-state index in [1.165, 1.54) is 16.0 Å². The van der Waals surface area contributed by atoms with Crippen LogP contribution in [0.4, 0.5) is 4.79 Å². The molecule has 0 spiro atoms. The van der Waals surface area contributed by atoms with Crippen molar-refractivity contribution in [1.29, 1.82) is 0 Å². The molecule has 0 fully saturated rings. The van der Waals surface area contributed by atoms with Gasteiger partial charge >= 0.3 is 6.16 Å². The Labute approximate surface area is 144 Å². The van der Waals surface area contributed by atoms with Crippen LogP contribution in [0, 0.1) is 13.8 Å². The first-order valence-corrected chi connectivity index (χ1v) is 8.18. The number of hydrogen-bond acceptors (Lipinski definition) is 4. The van der Waals surface area contributed by atoms with Gasteiger partial charge in [-0.25, -0.2) is 14.8 Å². The molecule has 0 unspecified atom stereocenters. The third-order valence-corrected chi connectivity index (χ3v) is 4.12. The van der Waals surface area contributed by atoms with E-state index in [0.29, 0.717) is 0 Å². The minimum absolute atomic E-state index is 0.850. The Morgan fingerprint density at radius 3 is 2.21 bits per heavy atom. The molecule has 2 aromatic heterocycles. The second kappa shape index (κ2) is 8.21. The Hall–Kier alpha value is -2.73.